The molecule has 0 aliphatic carbocycles. The normalized spacial score (nSPS) is 26.9. The molecule has 3 unspecified atom stereocenters. The number of likely N-dealkylation sites (tertiary alicyclic amines) is 1. The van der Waals surface area contributed by atoms with Gasteiger partial charge in [0, 0.05) is 67.3 Å². The van der Waals surface area contributed by atoms with Crippen LogP contribution in [0.2, 0.25) is 0 Å². The van der Waals surface area contributed by atoms with Crippen LogP contribution in [-0.4, -0.2) is 99.4 Å². The van der Waals surface area contributed by atoms with Crippen LogP contribution in [0.5, 0.6) is 0 Å². The van der Waals surface area contributed by atoms with E-state index in [2.05, 4.69) is 47.8 Å². The molecule has 1 spiro atoms. The van der Waals surface area contributed by atoms with E-state index in [9.17, 15) is 19.5 Å². The number of hydrogen-bond donors (Lipinski definition) is 1. The number of anilines is 2. The minimum Gasteiger partial charge on any atom is -0.396 e. The average molecular weight is 690 g/mol. The Morgan fingerprint density at radius 2 is 1.70 bits per heavy atom. The number of nitrogens with zero attached hydrogens (tertiary/aromatic N) is 4. The van der Waals surface area contributed by atoms with Crippen LogP contribution in [0, 0.1) is 11.8 Å². The maximum absolute atomic E-state index is 14.9. The van der Waals surface area contributed by atoms with Crippen molar-refractivity contribution in [1.29, 1.82) is 0 Å². The van der Waals surface area contributed by atoms with E-state index in [0.717, 1.165) is 37.3 Å². The van der Waals surface area contributed by atoms with Crippen molar-refractivity contribution in [3.05, 3.63) is 49.6 Å². The number of hydrogen-bond acceptors (Lipinski definition) is 6. The highest BCUT2D eigenvalue weighted by molar-refractivity contribution is 9.09. The molecule has 3 amide bonds. The molecule has 3 saturated heterocycles. The number of amides is 3. The van der Waals surface area contributed by atoms with Gasteiger partial charge in [0.05, 0.1) is 16.6 Å². The Hall–Kier alpha value is -2.30. The van der Waals surface area contributed by atoms with Gasteiger partial charge in [0.2, 0.25) is 11.8 Å². The van der Waals surface area contributed by atoms with Gasteiger partial charge in [-0.2, -0.15) is 0 Å². The van der Waals surface area contributed by atoms with E-state index in [4.69, 9.17) is 0 Å². The van der Waals surface area contributed by atoms with Crippen molar-refractivity contribution in [2.75, 3.05) is 55.7 Å². The molecule has 44 heavy (non-hydrogen) atoms. The summed E-state index contributed by atoms with van der Waals surface area (Å²) in [5.74, 6) is -1.31. The smallest absolute Gasteiger partial charge is 0.251 e. The molecule has 3 aliphatic heterocycles. The van der Waals surface area contributed by atoms with E-state index in [1.165, 1.54) is 0 Å². The zero-order valence-electron chi connectivity index (χ0n) is 26.5. The van der Waals surface area contributed by atoms with Crippen molar-refractivity contribution >= 4 is 56.8 Å². The summed E-state index contributed by atoms with van der Waals surface area (Å²) in [6.07, 6.45) is 7.00. The van der Waals surface area contributed by atoms with Gasteiger partial charge in [-0.1, -0.05) is 35.0 Å². The molecule has 2 bridgehead atoms. The summed E-state index contributed by atoms with van der Waals surface area (Å²) in [6, 6.07) is 7.33. The number of aliphatic hydroxyl groups is 1. The minimum atomic E-state index is -0.711. The Kier molecular flexibility index (Phi) is 12.0. The molecule has 3 aliphatic rings. The van der Waals surface area contributed by atoms with Crippen molar-refractivity contribution in [1.82, 2.24) is 9.80 Å². The molecular weight excluding hydrogens is 640 g/mol. The van der Waals surface area contributed by atoms with Crippen LogP contribution < -0.4 is 9.80 Å². The standard InChI is InChI=1S/C34H49BrN4O4S/c1-6-18-37(19-7-2)31(41)27-28-32(42)39(21-12-11-13-22-40)30(34(28)23-26(35)29(27)44-34)33(43)38(20-8-3)25-16-14-24(15-17-25)36(9-4)10-5/h6,8,14-17,26-30,40H,1,3,7,9-13,18-23H2,2,4-5H3/t26?,27-,28+,29-,30?,34?/m1/s1. The molecule has 0 saturated carbocycles. The number of carbonyl (C=O) groups excluding carboxylic acids is 3. The number of thioether (sulfide) groups is 1. The third-order valence-corrected chi connectivity index (χ3v) is 12.6. The van der Waals surface area contributed by atoms with Gasteiger partial charge in [0.25, 0.3) is 5.91 Å². The number of halogens is 1. The Labute approximate surface area is 276 Å². The van der Waals surface area contributed by atoms with Gasteiger partial charge in [0.15, 0.2) is 0 Å². The molecule has 242 valence electrons. The van der Waals surface area contributed by atoms with Crippen LogP contribution in [0.1, 0.15) is 52.9 Å². The predicted molar refractivity (Wildman–Crippen MR) is 184 cm³/mol. The first kappa shape index (κ1) is 34.6. The largest absolute Gasteiger partial charge is 0.396 e. The van der Waals surface area contributed by atoms with Gasteiger partial charge in [-0.3, -0.25) is 14.4 Å². The minimum absolute atomic E-state index is 0.0168. The van der Waals surface area contributed by atoms with Crippen LogP contribution >= 0.6 is 27.7 Å². The van der Waals surface area contributed by atoms with Gasteiger partial charge >= 0.3 is 0 Å². The van der Waals surface area contributed by atoms with Crippen molar-refractivity contribution < 1.29 is 19.5 Å². The molecule has 8 nitrogen and oxygen atoms in total. The lowest BCUT2D eigenvalue weighted by Gasteiger charge is -2.38. The van der Waals surface area contributed by atoms with Crippen molar-refractivity contribution in [3.8, 4) is 0 Å². The first-order chi connectivity index (χ1) is 21.2. The molecule has 0 radical (unpaired) electrons. The van der Waals surface area contributed by atoms with Gasteiger partial charge in [-0.25, -0.2) is 0 Å². The van der Waals surface area contributed by atoms with E-state index in [-0.39, 0.29) is 34.4 Å². The van der Waals surface area contributed by atoms with Crippen LogP contribution in [0.3, 0.4) is 0 Å². The predicted octanol–water partition coefficient (Wildman–Crippen LogP) is 5.10. The van der Waals surface area contributed by atoms with Crippen LogP contribution in [0.15, 0.2) is 49.6 Å². The highest BCUT2D eigenvalue weighted by Crippen LogP contribution is 2.68. The third-order valence-electron chi connectivity index (χ3n) is 9.39. The maximum Gasteiger partial charge on any atom is 0.251 e. The van der Waals surface area contributed by atoms with E-state index in [1.807, 2.05) is 36.1 Å². The molecule has 6 atom stereocenters. The molecule has 1 aromatic carbocycles. The second-order valence-electron chi connectivity index (χ2n) is 12.0. The van der Waals surface area contributed by atoms with Crippen LogP contribution in [-0.2, 0) is 14.4 Å². The summed E-state index contributed by atoms with van der Waals surface area (Å²) in [4.78, 5) is 51.1. The number of fused-ring (bicyclic) bond motifs is 1. The van der Waals surface area contributed by atoms with E-state index >= 15 is 0 Å². The van der Waals surface area contributed by atoms with Gasteiger partial charge in [-0.05, 0) is 70.2 Å². The van der Waals surface area contributed by atoms with Crippen molar-refractivity contribution in [2.45, 2.75) is 73.7 Å². The fraction of sp³-hybridized carbons (Fsp3) is 0.618. The van der Waals surface area contributed by atoms with Gasteiger partial charge < -0.3 is 24.7 Å². The zero-order chi connectivity index (χ0) is 32.0. The molecule has 1 N–H and O–H groups in total. The second kappa shape index (κ2) is 15.3. The Morgan fingerprint density at radius 3 is 2.30 bits per heavy atom. The average Bonchev–Trinajstić information content (AvgIpc) is 3.61. The molecule has 4 rings (SSSR count). The topological polar surface area (TPSA) is 84.4 Å². The molecule has 10 heteroatoms. The van der Waals surface area contributed by atoms with Crippen LogP contribution in [0.4, 0.5) is 11.4 Å². The number of aliphatic hydroxyl groups excluding tert-OH is 1. The number of benzene rings is 1. The summed E-state index contributed by atoms with van der Waals surface area (Å²) < 4.78 is -0.711. The molecular formula is C34H49BrN4O4S. The highest BCUT2D eigenvalue weighted by atomic mass is 79.9. The summed E-state index contributed by atoms with van der Waals surface area (Å²) in [5.41, 5.74) is 1.86. The first-order valence-electron chi connectivity index (χ1n) is 16.1. The number of alkyl halides is 1. The lowest BCUT2D eigenvalue weighted by atomic mass is 9.70. The van der Waals surface area contributed by atoms with Gasteiger partial charge in [0.1, 0.15) is 6.04 Å². The fourth-order valence-corrected chi connectivity index (χ4v) is 11.1. The van der Waals surface area contributed by atoms with Gasteiger partial charge in [-0.15, -0.1) is 24.9 Å². The van der Waals surface area contributed by atoms with Crippen LogP contribution in [0.25, 0.3) is 0 Å². The van der Waals surface area contributed by atoms with E-state index in [1.54, 1.807) is 33.7 Å². The maximum atomic E-state index is 14.9. The van der Waals surface area contributed by atoms with E-state index in [0.29, 0.717) is 45.4 Å². The Bertz CT molecular complexity index is 1190. The summed E-state index contributed by atoms with van der Waals surface area (Å²) in [6.45, 7) is 17.7. The third kappa shape index (κ3) is 6.36. The number of unbranched alkanes of at least 4 members (excludes halogenated alkanes) is 2. The summed E-state index contributed by atoms with van der Waals surface area (Å²) >= 11 is 5.56. The SMILES string of the molecule is C=CCN(CCC)C(=O)[C@H]1[C@@H]2SC3(CC2Br)C(C(=O)N(CC=C)c2ccc(N(CC)CC)cc2)N(CCCCCO)C(=O)[C@H]13. The number of carbonyl (C=O) groups is 3. The second-order valence-corrected chi connectivity index (χ2v) is 14.7. The summed E-state index contributed by atoms with van der Waals surface area (Å²) in [5, 5.41) is 9.27. The Morgan fingerprint density at radius 1 is 1.05 bits per heavy atom. The zero-order valence-corrected chi connectivity index (χ0v) is 28.9. The Balaban J connectivity index is 1.75. The molecule has 1 aromatic rings. The highest BCUT2D eigenvalue weighted by Gasteiger charge is 2.76. The van der Waals surface area contributed by atoms with Crippen molar-refractivity contribution in [2.24, 2.45) is 11.8 Å². The fourth-order valence-electron chi connectivity index (χ4n) is 7.46. The van der Waals surface area contributed by atoms with Crippen molar-refractivity contribution in [3.63, 3.8) is 0 Å². The summed E-state index contributed by atoms with van der Waals surface area (Å²) in [7, 11) is 0. The first-order valence-corrected chi connectivity index (χ1v) is 17.9. The lowest BCUT2D eigenvalue weighted by Crippen LogP contribution is -2.56. The lowest BCUT2D eigenvalue weighted by molar-refractivity contribution is -0.143. The monoisotopic (exact) mass is 688 g/mol. The molecule has 3 fully saturated rings. The van der Waals surface area contributed by atoms with E-state index < -0.39 is 22.6 Å². The number of rotatable bonds is 17. The molecule has 0 aromatic heterocycles. The molecule has 3 heterocycles. The quantitative estimate of drug-likeness (QED) is 0.139.